The molecule has 2 aromatic carbocycles. The molecule has 0 unspecified atom stereocenters. The minimum Gasteiger partial charge on any atom is -0.371 e. The first-order valence-electron chi connectivity index (χ1n) is 8.00. The van der Waals surface area contributed by atoms with Gasteiger partial charge in [0.05, 0.1) is 0 Å². The number of aryl methyl sites for hydroxylation is 1. The summed E-state index contributed by atoms with van der Waals surface area (Å²) in [5, 5.41) is 3.10. The van der Waals surface area contributed by atoms with Crippen molar-refractivity contribution in [1.29, 1.82) is 0 Å². The van der Waals surface area contributed by atoms with E-state index in [2.05, 4.69) is 10.2 Å². The number of carbonyl (C=O) groups is 1. The summed E-state index contributed by atoms with van der Waals surface area (Å²) in [6, 6.07) is 14.4. The second-order valence-electron chi connectivity index (χ2n) is 6.08. The molecule has 1 heterocycles. The summed E-state index contributed by atoms with van der Waals surface area (Å²) in [5.41, 5.74) is 2.75. The minimum atomic E-state index is -0.211. The Morgan fingerprint density at radius 1 is 1.13 bits per heavy atom. The Hall–Kier alpha value is -2.36. The number of nitrogens with one attached hydrogen (secondary N) is 1. The Kier molecular flexibility index (Phi) is 4.60. The monoisotopic (exact) mass is 312 g/mol. The van der Waals surface area contributed by atoms with E-state index in [1.54, 1.807) is 12.1 Å². The molecule has 120 valence electrons. The number of piperidine rings is 1. The van der Waals surface area contributed by atoms with Crippen molar-refractivity contribution in [1.82, 2.24) is 5.32 Å². The highest BCUT2D eigenvalue weighted by molar-refractivity contribution is 5.94. The van der Waals surface area contributed by atoms with Crippen molar-refractivity contribution in [2.45, 2.75) is 25.8 Å². The van der Waals surface area contributed by atoms with E-state index >= 15 is 0 Å². The van der Waals surface area contributed by atoms with Crippen LogP contribution in [0, 0.1) is 12.7 Å². The first-order chi connectivity index (χ1) is 11.1. The Morgan fingerprint density at radius 2 is 1.83 bits per heavy atom. The van der Waals surface area contributed by atoms with Crippen molar-refractivity contribution in [3.05, 3.63) is 65.5 Å². The molecule has 0 atom stereocenters. The number of rotatable bonds is 3. The fourth-order valence-electron chi connectivity index (χ4n) is 2.93. The largest absolute Gasteiger partial charge is 0.371 e. The average molecular weight is 312 g/mol. The normalized spacial score (nSPS) is 15.5. The molecular weight excluding hydrogens is 291 g/mol. The van der Waals surface area contributed by atoms with Crippen LogP contribution in [0.3, 0.4) is 0 Å². The van der Waals surface area contributed by atoms with Gasteiger partial charge in [0.15, 0.2) is 0 Å². The Balaban J connectivity index is 1.55. The lowest BCUT2D eigenvalue weighted by molar-refractivity contribution is 0.0931. The number of hydrogen-bond donors (Lipinski definition) is 1. The van der Waals surface area contributed by atoms with Gasteiger partial charge < -0.3 is 10.2 Å². The van der Waals surface area contributed by atoms with Crippen LogP contribution in [0.5, 0.6) is 0 Å². The maximum atomic E-state index is 13.3. The number of hydrogen-bond acceptors (Lipinski definition) is 2. The summed E-state index contributed by atoms with van der Waals surface area (Å²) < 4.78 is 13.3. The molecule has 0 aliphatic carbocycles. The lowest BCUT2D eigenvalue weighted by Crippen LogP contribution is -2.44. The Labute approximate surface area is 136 Å². The highest BCUT2D eigenvalue weighted by atomic mass is 19.1. The lowest BCUT2D eigenvalue weighted by atomic mass is 10.0. The SMILES string of the molecule is Cc1ccc(C(=O)NC2CCN(c3cccc(F)c3)CC2)cc1. The third-order valence-corrected chi connectivity index (χ3v) is 4.32. The molecule has 23 heavy (non-hydrogen) atoms. The van der Waals surface area contributed by atoms with E-state index in [0.29, 0.717) is 5.56 Å². The van der Waals surface area contributed by atoms with Gasteiger partial charge in [-0.1, -0.05) is 23.8 Å². The van der Waals surface area contributed by atoms with Gasteiger partial charge in [0.25, 0.3) is 5.91 Å². The molecule has 0 aromatic heterocycles. The number of anilines is 1. The van der Waals surface area contributed by atoms with Crippen LogP contribution < -0.4 is 10.2 Å². The van der Waals surface area contributed by atoms with Gasteiger partial charge in [0, 0.05) is 30.4 Å². The maximum absolute atomic E-state index is 13.3. The van der Waals surface area contributed by atoms with E-state index in [1.807, 2.05) is 37.3 Å². The van der Waals surface area contributed by atoms with Gasteiger partial charge in [-0.05, 0) is 50.1 Å². The lowest BCUT2D eigenvalue weighted by Gasteiger charge is -2.34. The third kappa shape index (κ3) is 3.89. The van der Waals surface area contributed by atoms with E-state index < -0.39 is 0 Å². The molecular formula is C19H21FN2O. The zero-order valence-electron chi connectivity index (χ0n) is 13.3. The van der Waals surface area contributed by atoms with Crippen molar-refractivity contribution in [2.75, 3.05) is 18.0 Å². The van der Waals surface area contributed by atoms with Crippen LogP contribution in [0.15, 0.2) is 48.5 Å². The fraction of sp³-hybridized carbons (Fsp3) is 0.316. The van der Waals surface area contributed by atoms with E-state index in [9.17, 15) is 9.18 Å². The third-order valence-electron chi connectivity index (χ3n) is 4.32. The van der Waals surface area contributed by atoms with E-state index in [4.69, 9.17) is 0 Å². The molecule has 0 bridgehead atoms. The van der Waals surface area contributed by atoms with E-state index in [-0.39, 0.29) is 17.8 Å². The topological polar surface area (TPSA) is 32.3 Å². The summed E-state index contributed by atoms with van der Waals surface area (Å²) in [5.74, 6) is -0.230. The van der Waals surface area contributed by atoms with Gasteiger partial charge in [0.2, 0.25) is 0 Å². The van der Waals surface area contributed by atoms with Crippen molar-refractivity contribution < 1.29 is 9.18 Å². The van der Waals surface area contributed by atoms with Gasteiger partial charge in [-0.25, -0.2) is 4.39 Å². The fourth-order valence-corrected chi connectivity index (χ4v) is 2.93. The number of halogens is 1. The predicted octanol–water partition coefficient (Wildman–Crippen LogP) is 3.53. The first kappa shape index (κ1) is 15.5. The molecule has 4 heteroatoms. The maximum Gasteiger partial charge on any atom is 0.251 e. The molecule has 1 amide bonds. The quantitative estimate of drug-likeness (QED) is 0.940. The smallest absolute Gasteiger partial charge is 0.251 e. The van der Waals surface area contributed by atoms with Gasteiger partial charge in [-0.2, -0.15) is 0 Å². The molecule has 3 nitrogen and oxygen atoms in total. The summed E-state index contributed by atoms with van der Waals surface area (Å²) in [6.45, 7) is 3.65. The molecule has 1 fully saturated rings. The number of carbonyl (C=O) groups excluding carboxylic acids is 1. The summed E-state index contributed by atoms with van der Waals surface area (Å²) in [6.07, 6.45) is 1.74. The molecule has 1 aliphatic heterocycles. The van der Waals surface area contributed by atoms with Gasteiger partial charge in [-0.3, -0.25) is 4.79 Å². The number of nitrogens with zero attached hydrogens (tertiary/aromatic N) is 1. The Bertz CT molecular complexity index is 676. The summed E-state index contributed by atoms with van der Waals surface area (Å²) in [4.78, 5) is 14.4. The molecule has 0 radical (unpaired) electrons. The zero-order chi connectivity index (χ0) is 16.2. The van der Waals surface area contributed by atoms with E-state index in [1.165, 1.54) is 6.07 Å². The molecule has 3 rings (SSSR count). The van der Waals surface area contributed by atoms with Crippen molar-refractivity contribution >= 4 is 11.6 Å². The van der Waals surface area contributed by atoms with Crippen LogP contribution in [0.2, 0.25) is 0 Å². The first-order valence-corrected chi connectivity index (χ1v) is 8.00. The van der Waals surface area contributed by atoms with Crippen molar-refractivity contribution in [3.8, 4) is 0 Å². The predicted molar refractivity (Wildman–Crippen MR) is 90.3 cm³/mol. The highest BCUT2D eigenvalue weighted by Gasteiger charge is 2.21. The second-order valence-corrected chi connectivity index (χ2v) is 6.08. The van der Waals surface area contributed by atoms with Crippen LogP contribution in [-0.2, 0) is 0 Å². The van der Waals surface area contributed by atoms with Crippen LogP contribution in [0.4, 0.5) is 10.1 Å². The summed E-state index contributed by atoms with van der Waals surface area (Å²) in [7, 11) is 0. The van der Waals surface area contributed by atoms with Crippen LogP contribution in [0.1, 0.15) is 28.8 Å². The van der Waals surface area contributed by atoms with Gasteiger partial charge in [-0.15, -0.1) is 0 Å². The average Bonchev–Trinajstić information content (AvgIpc) is 2.56. The van der Waals surface area contributed by atoms with Crippen LogP contribution in [0.25, 0.3) is 0 Å². The zero-order valence-corrected chi connectivity index (χ0v) is 13.3. The van der Waals surface area contributed by atoms with Gasteiger partial charge >= 0.3 is 0 Å². The van der Waals surface area contributed by atoms with Crippen LogP contribution in [-0.4, -0.2) is 25.0 Å². The second kappa shape index (κ2) is 6.82. The number of amides is 1. The van der Waals surface area contributed by atoms with Gasteiger partial charge in [0.1, 0.15) is 5.82 Å². The highest BCUT2D eigenvalue weighted by Crippen LogP contribution is 2.21. The standard InChI is InChI=1S/C19H21FN2O/c1-14-5-7-15(8-6-14)19(23)21-17-9-11-22(12-10-17)18-4-2-3-16(20)13-18/h2-8,13,17H,9-12H2,1H3,(H,21,23). The van der Waals surface area contributed by atoms with Crippen LogP contribution >= 0.6 is 0 Å². The van der Waals surface area contributed by atoms with Crippen molar-refractivity contribution in [3.63, 3.8) is 0 Å². The molecule has 1 saturated heterocycles. The molecule has 0 spiro atoms. The molecule has 1 aliphatic rings. The minimum absolute atomic E-state index is 0.0193. The van der Waals surface area contributed by atoms with E-state index in [0.717, 1.165) is 37.2 Å². The summed E-state index contributed by atoms with van der Waals surface area (Å²) >= 11 is 0. The molecule has 0 saturated carbocycles. The molecule has 2 aromatic rings. The number of benzene rings is 2. The Morgan fingerprint density at radius 3 is 2.48 bits per heavy atom. The molecule has 1 N–H and O–H groups in total. The van der Waals surface area contributed by atoms with Crippen molar-refractivity contribution in [2.24, 2.45) is 0 Å².